The Hall–Kier alpha value is -2.07. The predicted octanol–water partition coefficient (Wildman–Crippen LogP) is 3.00. The summed E-state index contributed by atoms with van der Waals surface area (Å²) < 4.78 is 5.46. The molecule has 1 amide bonds. The topological polar surface area (TPSA) is 68.3 Å². The number of carbonyl (C=O) groups is 1. The number of carbonyl (C=O) groups excluding carboxylic acids is 1. The maximum absolute atomic E-state index is 12.1. The van der Waals surface area contributed by atoms with Crippen LogP contribution in [0.1, 0.15) is 43.0 Å². The molecule has 0 saturated heterocycles. The van der Waals surface area contributed by atoms with E-state index in [1.807, 2.05) is 42.5 Å². The summed E-state index contributed by atoms with van der Waals surface area (Å²) in [5, 5.41) is 3.05. The summed E-state index contributed by atoms with van der Waals surface area (Å²) in [7, 11) is 0. The first kappa shape index (κ1) is 15.3. The van der Waals surface area contributed by atoms with Crippen LogP contribution in [0, 0.1) is 0 Å². The lowest BCUT2D eigenvalue weighted by molar-refractivity contribution is -0.121. The lowest BCUT2D eigenvalue weighted by atomic mass is 10.0. The Morgan fingerprint density at radius 2 is 1.90 bits per heavy atom. The Kier molecular flexibility index (Phi) is 6.03. The minimum atomic E-state index is -0.233. The summed E-state index contributed by atoms with van der Waals surface area (Å²) in [5.74, 6) is 0.786. The molecule has 1 unspecified atom stereocenters. The van der Waals surface area contributed by atoms with E-state index in [4.69, 9.17) is 10.2 Å². The van der Waals surface area contributed by atoms with E-state index in [9.17, 15) is 4.79 Å². The Balaban J connectivity index is 1.99. The molecule has 2 rings (SSSR count). The highest BCUT2D eigenvalue weighted by Crippen LogP contribution is 2.22. The summed E-state index contributed by atoms with van der Waals surface area (Å²) in [4.78, 5) is 12.1. The number of nitrogens with one attached hydrogen (secondary N) is 1. The van der Waals surface area contributed by atoms with Gasteiger partial charge in [-0.05, 0) is 37.1 Å². The Labute approximate surface area is 125 Å². The van der Waals surface area contributed by atoms with Gasteiger partial charge in [0.25, 0.3) is 0 Å². The highest BCUT2D eigenvalue weighted by atomic mass is 16.3. The summed E-state index contributed by atoms with van der Waals surface area (Å²) in [6.45, 7) is 0.681. The van der Waals surface area contributed by atoms with Gasteiger partial charge in [-0.3, -0.25) is 4.79 Å². The van der Waals surface area contributed by atoms with Crippen LogP contribution in [0.5, 0.6) is 0 Å². The SMILES string of the molecule is NCCCCCC(=O)NC(c1ccccc1)c1ccco1. The summed E-state index contributed by atoms with van der Waals surface area (Å²) >= 11 is 0. The molecule has 0 fully saturated rings. The van der Waals surface area contributed by atoms with Crippen LogP contribution in [-0.2, 0) is 4.79 Å². The quantitative estimate of drug-likeness (QED) is 0.733. The third kappa shape index (κ3) is 4.76. The molecule has 0 saturated carbocycles. The minimum absolute atomic E-state index is 0.0391. The van der Waals surface area contributed by atoms with Crippen molar-refractivity contribution in [3.63, 3.8) is 0 Å². The molecule has 112 valence electrons. The number of furan rings is 1. The van der Waals surface area contributed by atoms with Gasteiger partial charge in [-0.1, -0.05) is 36.8 Å². The van der Waals surface area contributed by atoms with Crippen LogP contribution in [0.3, 0.4) is 0 Å². The van der Waals surface area contributed by atoms with E-state index in [1.54, 1.807) is 6.26 Å². The molecule has 0 spiro atoms. The van der Waals surface area contributed by atoms with Gasteiger partial charge in [-0.15, -0.1) is 0 Å². The van der Waals surface area contributed by atoms with Gasteiger partial charge in [0, 0.05) is 6.42 Å². The fourth-order valence-electron chi connectivity index (χ4n) is 2.26. The molecule has 1 atom stereocenters. The first-order valence-electron chi connectivity index (χ1n) is 7.39. The normalized spacial score (nSPS) is 12.0. The molecule has 1 aromatic carbocycles. The highest BCUT2D eigenvalue weighted by molar-refractivity contribution is 5.76. The van der Waals surface area contributed by atoms with Crippen molar-refractivity contribution in [2.75, 3.05) is 6.54 Å². The zero-order chi connectivity index (χ0) is 14.9. The van der Waals surface area contributed by atoms with Crippen LogP contribution in [0.2, 0.25) is 0 Å². The number of benzene rings is 1. The highest BCUT2D eigenvalue weighted by Gasteiger charge is 2.18. The second kappa shape index (κ2) is 8.27. The van der Waals surface area contributed by atoms with Gasteiger partial charge in [0.15, 0.2) is 0 Å². The summed E-state index contributed by atoms with van der Waals surface area (Å²) in [6.07, 6.45) is 4.96. The molecule has 2 aromatic rings. The van der Waals surface area contributed by atoms with Gasteiger partial charge in [0.05, 0.1) is 6.26 Å². The van der Waals surface area contributed by atoms with Gasteiger partial charge in [-0.25, -0.2) is 0 Å². The average Bonchev–Trinajstić information content (AvgIpc) is 3.04. The Morgan fingerprint density at radius 3 is 2.57 bits per heavy atom. The van der Waals surface area contributed by atoms with E-state index in [2.05, 4.69) is 5.32 Å². The van der Waals surface area contributed by atoms with Crippen molar-refractivity contribution in [2.45, 2.75) is 31.7 Å². The first-order chi connectivity index (χ1) is 10.3. The van der Waals surface area contributed by atoms with Gasteiger partial charge in [-0.2, -0.15) is 0 Å². The molecule has 4 nitrogen and oxygen atoms in total. The molecule has 0 aliphatic heterocycles. The van der Waals surface area contributed by atoms with Crippen molar-refractivity contribution in [3.05, 3.63) is 60.1 Å². The second-order valence-electron chi connectivity index (χ2n) is 5.03. The lowest BCUT2D eigenvalue weighted by Crippen LogP contribution is -2.28. The van der Waals surface area contributed by atoms with Crippen LogP contribution < -0.4 is 11.1 Å². The smallest absolute Gasteiger partial charge is 0.220 e. The van der Waals surface area contributed by atoms with E-state index in [-0.39, 0.29) is 11.9 Å². The van der Waals surface area contributed by atoms with Gasteiger partial charge < -0.3 is 15.5 Å². The first-order valence-corrected chi connectivity index (χ1v) is 7.39. The van der Waals surface area contributed by atoms with Crippen LogP contribution in [0.25, 0.3) is 0 Å². The average molecular weight is 286 g/mol. The molecular formula is C17H22N2O2. The summed E-state index contributed by atoms with van der Waals surface area (Å²) in [6, 6.07) is 13.3. The molecule has 21 heavy (non-hydrogen) atoms. The summed E-state index contributed by atoms with van der Waals surface area (Å²) in [5.41, 5.74) is 6.47. The standard InChI is InChI=1S/C17H22N2O2/c18-12-6-2-5-11-16(20)19-17(15-10-7-13-21-15)14-8-3-1-4-9-14/h1,3-4,7-10,13,17H,2,5-6,11-12,18H2,(H,19,20). The monoisotopic (exact) mass is 286 g/mol. The molecule has 0 aliphatic rings. The largest absolute Gasteiger partial charge is 0.467 e. The van der Waals surface area contributed by atoms with Crippen LogP contribution >= 0.6 is 0 Å². The molecule has 0 bridgehead atoms. The van der Waals surface area contributed by atoms with Gasteiger partial charge in [0.1, 0.15) is 11.8 Å². The van der Waals surface area contributed by atoms with Crippen molar-refractivity contribution < 1.29 is 9.21 Å². The second-order valence-corrected chi connectivity index (χ2v) is 5.03. The molecule has 0 radical (unpaired) electrons. The molecular weight excluding hydrogens is 264 g/mol. The number of unbranched alkanes of at least 4 members (excludes halogenated alkanes) is 2. The Morgan fingerprint density at radius 1 is 1.10 bits per heavy atom. The molecule has 1 heterocycles. The van der Waals surface area contributed by atoms with E-state index < -0.39 is 0 Å². The fourth-order valence-corrected chi connectivity index (χ4v) is 2.26. The van der Waals surface area contributed by atoms with E-state index in [1.165, 1.54) is 0 Å². The number of amides is 1. The Bertz CT molecular complexity index is 523. The van der Waals surface area contributed by atoms with E-state index >= 15 is 0 Å². The van der Waals surface area contributed by atoms with Crippen molar-refractivity contribution in [1.82, 2.24) is 5.32 Å². The third-order valence-corrected chi connectivity index (χ3v) is 3.37. The van der Waals surface area contributed by atoms with Crippen molar-refractivity contribution in [1.29, 1.82) is 0 Å². The van der Waals surface area contributed by atoms with E-state index in [0.29, 0.717) is 13.0 Å². The number of hydrogen-bond acceptors (Lipinski definition) is 3. The number of nitrogens with two attached hydrogens (primary N) is 1. The third-order valence-electron chi connectivity index (χ3n) is 3.37. The zero-order valence-electron chi connectivity index (χ0n) is 12.1. The van der Waals surface area contributed by atoms with Crippen molar-refractivity contribution >= 4 is 5.91 Å². The van der Waals surface area contributed by atoms with E-state index in [0.717, 1.165) is 30.6 Å². The van der Waals surface area contributed by atoms with Crippen molar-refractivity contribution in [2.24, 2.45) is 5.73 Å². The van der Waals surface area contributed by atoms with Crippen LogP contribution in [0.15, 0.2) is 53.1 Å². The van der Waals surface area contributed by atoms with Gasteiger partial charge in [0.2, 0.25) is 5.91 Å². The number of hydrogen-bond donors (Lipinski definition) is 2. The maximum Gasteiger partial charge on any atom is 0.220 e. The zero-order valence-corrected chi connectivity index (χ0v) is 12.1. The van der Waals surface area contributed by atoms with Crippen LogP contribution in [0.4, 0.5) is 0 Å². The predicted molar refractivity (Wildman–Crippen MR) is 82.7 cm³/mol. The van der Waals surface area contributed by atoms with Crippen molar-refractivity contribution in [3.8, 4) is 0 Å². The molecule has 4 heteroatoms. The minimum Gasteiger partial charge on any atom is -0.467 e. The molecule has 0 aliphatic carbocycles. The lowest BCUT2D eigenvalue weighted by Gasteiger charge is -2.17. The molecule has 3 N–H and O–H groups in total. The molecule has 1 aromatic heterocycles. The fraction of sp³-hybridized carbons (Fsp3) is 0.353. The number of rotatable bonds is 8. The van der Waals surface area contributed by atoms with Crippen LogP contribution in [-0.4, -0.2) is 12.5 Å². The van der Waals surface area contributed by atoms with Gasteiger partial charge >= 0.3 is 0 Å². The maximum atomic E-state index is 12.1.